The van der Waals surface area contributed by atoms with E-state index in [1.54, 1.807) is 13.2 Å². The molecule has 2 aromatic heterocycles. The average molecular weight is 367 g/mol. The van der Waals surface area contributed by atoms with Crippen molar-refractivity contribution in [3.05, 3.63) is 40.8 Å². The summed E-state index contributed by atoms with van der Waals surface area (Å²) in [6.07, 6.45) is 4.01. The Bertz CT molecular complexity index is 1050. The van der Waals surface area contributed by atoms with Crippen LogP contribution in [-0.4, -0.2) is 50.8 Å². The van der Waals surface area contributed by atoms with Crippen LogP contribution in [0.5, 0.6) is 0 Å². The molecule has 142 valence electrons. The van der Waals surface area contributed by atoms with Gasteiger partial charge in [0.15, 0.2) is 0 Å². The maximum atomic E-state index is 12.7. The van der Waals surface area contributed by atoms with Crippen LogP contribution in [0.2, 0.25) is 0 Å². The number of aromatic nitrogens is 3. The zero-order valence-electron chi connectivity index (χ0n) is 15.8. The lowest BCUT2D eigenvalue weighted by Gasteiger charge is -2.23. The fraction of sp³-hybridized carbons (Fsp3) is 0.450. The number of aryl methyl sites for hydroxylation is 1. The Morgan fingerprint density at radius 1 is 1.30 bits per heavy atom. The first-order chi connectivity index (χ1) is 13.1. The van der Waals surface area contributed by atoms with Gasteiger partial charge in [-0.05, 0) is 32.0 Å². The predicted molar refractivity (Wildman–Crippen MR) is 106 cm³/mol. The zero-order chi connectivity index (χ0) is 19.0. The van der Waals surface area contributed by atoms with Gasteiger partial charge in [0, 0.05) is 35.9 Å². The number of rotatable bonds is 5. The predicted octanol–water partition coefficient (Wildman–Crippen LogP) is 1.49. The molecule has 1 aromatic carbocycles. The van der Waals surface area contributed by atoms with Gasteiger partial charge in [-0.2, -0.15) is 5.10 Å². The number of likely N-dealkylation sites (N-methyl/N-ethyl adjacent to an activating group) is 1. The molecule has 7 nitrogen and oxygen atoms in total. The van der Waals surface area contributed by atoms with Crippen molar-refractivity contribution in [3.63, 3.8) is 0 Å². The lowest BCUT2D eigenvalue weighted by molar-refractivity contribution is -0.121. The molecule has 4 rings (SSSR count). The van der Waals surface area contributed by atoms with Crippen LogP contribution in [0.15, 0.2) is 35.3 Å². The van der Waals surface area contributed by atoms with Gasteiger partial charge in [-0.3, -0.25) is 14.5 Å². The minimum Gasteiger partial charge on any atom is -0.353 e. The van der Waals surface area contributed by atoms with Gasteiger partial charge in [0.25, 0.3) is 5.56 Å². The number of nitrogens with one attached hydrogen (secondary N) is 1. The van der Waals surface area contributed by atoms with E-state index in [9.17, 15) is 9.59 Å². The quantitative estimate of drug-likeness (QED) is 0.742. The number of para-hydroxylation sites is 1. The number of fused-ring (bicyclic) bond motifs is 3. The van der Waals surface area contributed by atoms with E-state index in [0.29, 0.717) is 18.1 Å². The summed E-state index contributed by atoms with van der Waals surface area (Å²) in [4.78, 5) is 27.8. The van der Waals surface area contributed by atoms with Gasteiger partial charge < -0.3 is 9.88 Å². The van der Waals surface area contributed by atoms with Crippen molar-refractivity contribution in [3.8, 4) is 0 Å². The molecule has 3 heterocycles. The molecule has 1 atom stereocenters. The summed E-state index contributed by atoms with van der Waals surface area (Å²) in [6.45, 7) is 5.05. The molecule has 27 heavy (non-hydrogen) atoms. The van der Waals surface area contributed by atoms with Crippen molar-refractivity contribution in [2.24, 2.45) is 7.05 Å². The molecule has 0 aliphatic carbocycles. The topological polar surface area (TPSA) is 72.2 Å². The second-order valence-electron chi connectivity index (χ2n) is 7.17. The number of amides is 1. The highest BCUT2D eigenvalue weighted by molar-refractivity contribution is 6.07. The molecular weight excluding hydrogens is 342 g/mol. The SMILES string of the molecule is CCN1CCC[C@@H]1CNC(=O)Cn1c2ccccc2c2cnn(C)c(=O)c21. The molecule has 1 amide bonds. The third kappa shape index (κ3) is 3.12. The Labute approximate surface area is 157 Å². The van der Waals surface area contributed by atoms with Crippen molar-refractivity contribution < 1.29 is 4.79 Å². The van der Waals surface area contributed by atoms with Gasteiger partial charge in [0.2, 0.25) is 5.91 Å². The number of carbonyl (C=O) groups is 1. The van der Waals surface area contributed by atoms with E-state index < -0.39 is 0 Å². The lowest BCUT2D eigenvalue weighted by Crippen LogP contribution is -2.41. The van der Waals surface area contributed by atoms with Crippen molar-refractivity contribution in [2.45, 2.75) is 32.4 Å². The highest BCUT2D eigenvalue weighted by Gasteiger charge is 2.23. The highest BCUT2D eigenvalue weighted by Crippen LogP contribution is 2.26. The number of benzene rings is 1. The second kappa shape index (κ2) is 7.15. The third-order valence-corrected chi connectivity index (χ3v) is 5.61. The summed E-state index contributed by atoms with van der Waals surface area (Å²) in [5.41, 5.74) is 1.22. The summed E-state index contributed by atoms with van der Waals surface area (Å²) in [5.74, 6) is -0.0699. The maximum absolute atomic E-state index is 12.7. The fourth-order valence-corrected chi connectivity index (χ4v) is 4.18. The van der Waals surface area contributed by atoms with E-state index >= 15 is 0 Å². The average Bonchev–Trinajstić information content (AvgIpc) is 3.26. The number of hydrogen-bond acceptors (Lipinski definition) is 4. The molecule has 1 aliphatic heterocycles. The first kappa shape index (κ1) is 17.7. The van der Waals surface area contributed by atoms with E-state index in [-0.39, 0.29) is 18.0 Å². The van der Waals surface area contributed by atoms with Crippen LogP contribution in [0.25, 0.3) is 21.8 Å². The van der Waals surface area contributed by atoms with Crippen LogP contribution >= 0.6 is 0 Å². The maximum Gasteiger partial charge on any atom is 0.291 e. The Balaban J connectivity index is 1.63. The van der Waals surface area contributed by atoms with Gasteiger partial charge in [0.05, 0.1) is 6.20 Å². The van der Waals surface area contributed by atoms with E-state index in [1.807, 2.05) is 28.8 Å². The lowest BCUT2D eigenvalue weighted by atomic mass is 10.2. The molecular formula is C20H25N5O2. The van der Waals surface area contributed by atoms with Gasteiger partial charge in [-0.25, -0.2) is 4.68 Å². The summed E-state index contributed by atoms with van der Waals surface area (Å²) >= 11 is 0. The minimum absolute atomic E-state index is 0.0699. The monoisotopic (exact) mass is 367 g/mol. The molecule has 1 aliphatic rings. The Kier molecular flexibility index (Phi) is 4.70. The molecule has 3 aromatic rings. The van der Waals surface area contributed by atoms with Gasteiger partial charge in [-0.1, -0.05) is 25.1 Å². The fourth-order valence-electron chi connectivity index (χ4n) is 4.18. The molecule has 0 saturated carbocycles. The molecule has 7 heteroatoms. The molecule has 0 unspecified atom stereocenters. The molecule has 1 fully saturated rings. The molecule has 0 radical (unpaired) electrons. The zero-order valence-corrected chi connectivity index (χ0v) is 15.8. The Morgan fingerprint density at radius 3 is 2.93 bits per heavy atom. The van der Waals surface area contributed by atoms with E-state index in [2.05, 4.69) is 22.2 Å². The van der Waals surface area contributed by atoms with Gasteiger partial charge in [0.1, 0.15) is 12.1 Å². The van der Waals surface area contributed by atoms with Crippen LogP contribution in [0.1, 0.15) is 19.8 Å². The Morgan fingerprint density at radius 2 is 2.11 bits per heavy atom. The van der Waals surface area contributed by atoms with Crippen molar-refractivity contribution in [1.29, 1.82) is 0 Å². The third-order valence-electron chi connectivity index (χ3n) is 5.61. The van der Waals surface area contributed by atoms with Crippen LogP contribution in [0.3, 0.4) is 0 Å². The van der Waals surface area contributed by atoms with E-state index in [4.69, 9.17) is 0 Å². The molecule has 0 bridgehead atoms. The summed E-state index contributed by atoms with van der Waals surface area (Å²) in [6, 6.07) is 8.17. The van der Waals surface area contributed by atoms with Gasteiger partial charge >= 0.3 is 0 Å². The van der Waals surface area contributed by atoms with Gasteiger partial charge in [-0.15, -0.1) is 0 Å². The number of hydrogen-bond donors (Lipinski definition) is 1. The highest BCUT2D eigenvalue weighted by atomic mass is 16.2. The summed E-state index contributed by atoms with van der Waals surface area (Å²) < 4.78 is 3.13. The molecule has 0 spiro atoms. The Hall–Kier alpha value is -2.67. The number of likely N-dealkylation sites (tertiary alicyclic amines) is 1. The van der Waals surface area contributed by atoms with Crippen molar-refractivity contribution in [2.75, 3.05) is 19.6 Å². The van der Waals surface area contributed by atoms with Crippen LogP contribution in [-0.2, 0) is 18.4 Å². The standard InChI is InChI=1S/C20H25N5O2/c1-3-24-10-6-7-14(24)11-21-18(26)13-25-17-9-5-4-8-15(17)16-12-22-23(2)20(27)19(16)25/h4-5,8-9,12,14H,3,6-7,10-11,13H2,1-2H3,(H,21,26)/t14-/m1/s1. The van der Waals surface area contributed by atoms with Crippen LogP contribution in [0.4, 0.5) is 0 Å². The van der Waals surface area contributed by atoms with E-state index in [0.717, 1.165) is 35.8 Å². The van der Waals surface area contributed by atoms with Crippen molar-refractivity contribution in [1.82, 2.24) is 24.6 Å². The largest absolute Gasteiger partial charge is 0.353 e. The van der Waals surface area contributed by atoms with Crippen LogP contribution in [0, 0.1) is 0 Å². The summed E-state index contributed by atoms with van der Waals surface area (Å²) in [5, 5.41) is 8.93. The normalized spacial score (nSPS) is 17.8. The van der Waals surface area contributed by atoms with Crippen LogP contribution < -0.4 is 10.9 Å². The summed E-state index contributed by atoms with van der Waals surface area (Å²) in [7, 11) is 1.63. The molecule has 1 N–H and O–H groups in total. The van der Waals surface area contributed by atoms with Crippen molar-refractivity contribution >= 4 is 27.7 Å². The van der Waals surface area contributed by atoms with E-state index in [1.165, 1.54) is 11.1 Å². The molecule has 1 saturated heterocycles. The second-order valence-corrected chi connectivity index (χ2v) is 7.17. The first-order valence-electron chi connectivity index (χ1n) is 9.54. The number of nitrogens with zero attached hydrogens (tertiary/aromatic N) is 4. The first-order valence-corrected chi connectivity index (χ1v) is 9.54. The smallest absolute Gasteiger partial charge is 0.291 e. The minimum atomic E-state index is -0.190. The number of carbonyl (C=O) groups excluding carboxylic acids is 1.